The van der Waals surface area contributed by atoms with Gasteiger partial charge in [0.15, 0.2) is 5.82 Å². The summed E-state index contributed by atoms with van der Waals surface area (Å²) in [6.45, 7) is 3.39. The molecule has 2 aromatic rings. The van der Waals surface area contributed by atoms with E-state index in [1.54, 1.807) is 19.6 Å². The molecule has 0 bridgehead atoms. The fourth-order valence-corrected chi connectivity index (χ4v) is 1.59. The topological polar surface area (TPSA) is 60.2 Å². The van der Waals surface area contributed by atoms with Gasteiger partial charge in [-0.25, -0.2) is 9.97 Å². The Morgan fingerprint density at radius 3 is 2.94 bits per heavy atom. The normalized spacial score (nSPS) is 10.6. The number of hydrogen-bond donors (Lipinski definition) is 1. The highest BCUT2D eigenvalue weighted by molar-refractivity contribution is 5.61. The molecule has 0 fully saturated rings. The van der Waals surface area contributed by atoms with E-state index in [2.05, 4.69) is 22.2 Å². The lowest BCUT2D eigenvalue weighted by atomic mass is 10.2. The van der Waals surface area contributed by atoms with Crippen molar-refractivity contribution < 1.29 is 9.15 Å². The second-order valence-corrected chi connectivity index (χ2v) is 3.93. The van der Waals surface area contributed by atoms with Crippen LogP contribution in [0, 0.1) is 0 Å². The third-order valence-corrected chi connectivity index (χ3v) is 2.42. The van der Waals surface area contributed by atoms with Gasteiger partial charge in [-0.05, 0) is 12.5 Å². The van der Waals surface area contributed by atoms with E-state index >= 15 is 0 Å². The van der Waals surface area contributed by atoms with Crippen LogP contribution in [0.15, 0.2) is 29.1 Å². The Morgan fingerprint density at radius 1 is 1.39 bits per heavy atom. The van der Waals surface area contributed by atoms with Crippen LogP contribution in [0.2, 0.25) is 0 Å². The molecule has 2 rings (SSSR count). The van der Waals surface area contributed by atoms with Gasteiger partial charge >= 0.3 is 0 Å². The van der Waals surface area contributed by atoms with Crippen LogP contribution in [-0.4, -0.2) is 23.6 Å². The minimum absolute atomic E-state index is 0.395. The number of furan rings is 1. The third-order valence-electron chi connectivity index (χ3n) is 2.42. The van der Waals surface area contributed by atoms with E-state index in [1.807, 2.05) is 12.1 Å². The molecule has 2 heterocycles. The van der Waals surface area contributed by atoms with E-state index < -0.39 is 0 Å². The number of anilines is 1. The Balaban J connectivity index is 2.30. The average molecular weight is 247 g/mol. The molecule has 5 heteroatoms. The van der Waals surface area contributed by atoms with Crippen molar-refractivity contribution in [3.8, 4) is 11.3 Å². The van der Waals surface area contributed by atoms with Crippen molar-refractivity contribution in [3.63, 3.8) is 0 Å². The average Bonchev–Trinajstić information content (AvgIpc) is 2.90. The summed E-state index contributed by atoms with van der Waals surface area (Å²) in [6, 6.07) is 3.79. The van der Waals surface area contributed by atoms with Crippen molar-refractivity contribution in [2.24, 2.45) is 0 Å². The van der Waals surface area contributed by atoms with Crippen LogP contribution in [0.1, 0.15) is 19.2 Å². The smallest absolute Gasteiger partial charge is 0.157 e. The van der Waals surface area contributed by atoms with Crippen LogP contribution < -0.4 is 5.32 Å². The molecule has 0 radical (unpaired) electrons. The van der Waals surface area contributed by atoms with Crippen LogP contribution >= 0.6 is 0 Å². The van der Waals surface area contributed by atoms with Gasteiger partial charge in [-0.1, -0.05) is 6.92 Å². The molecule has 5 nitrogen and oxygen atoms in total. The highest BCUT2D eigenvalue weighted by Gasteiger charge is 2.07. The van der Waals surface area contributed by atoms with Crippen LogP contribution in [0.5, 0.6) is 0 Å². The SMILES string of the molecule is CCCNc1cc(-c2ccoc2)nc(COC)n1. The van der Waals surface area contributed by atoms with E-state index in [4.69, 9.17) is 9.15 Å². The van der Waals surface area contributed by atoms with Gasteiger partial charge in [0.05, 0.1) is 18.2 Å². The maximum atomic E-state index is 5.08. The van der Waals surface area contributed by atoms with Crippen LogP contribution in [-0.2, 0) is 11.3 Å². The summed E-state index contributed by atoms with van der Waals surface area (Å²) in [5, 5.41) is 3.26. The molecule has 0 unspecified atom stereocenters. The van der Waals surface area contributed by atoms with Crippen molar-refractivity contribution in [1.82, 2.24) is 9.97 Å². The standard InChI is InChI=1S/C13H17N3O2/c1-3-5-14-12-7-11(10-4-6-18-8-10)15-13(16-12)9-17-2/h4,6-8H,3,5,9H2,1-2H3,(H,14,15,16). The molecule has 0 saturated carbocycles. The van der Waals surface area contributed by atoms with Gasteiger partial charge in [-0.15, -0.1) is 0 Å². The summed E-state index contributed by atoms with van der Waals surface area (Å²) in [7, 11) is 1.63. The summed E-state index contributed by atoms with van der Waals surface area (Å²) in [5.74, 6) is 1.48. The molecule has 0 atom stereocenters. The van der Waals surface area contributed by atoms with Crippen molar-refractivity contribution in [3.05, 3.63) is 30.5 Å². The zero-order valence-corrected chi connectivity index (χ0v) is 10.6. The van der Waals surface area contributed by atoms with Gasteiger partial charge in [0.25, 0.3) is 0 Å². The minimum atomic E-state index is 0.395. The number of ether oxygens (including phenoxy) is 1. The summed E-state index contributed by atoms with van der Waals surface area (Å²) in [5.41, 5.74) is 1.78. The van der Waals surface area contributed by atoms with Gasteiger partial charge < -0.3 is 14.5 Å². The Labute approximate surface area is 106 Å². The monoisotopic (exact) mass is 247 g/mol. The highest BCUT2D eigenvalue weighted by atomic mass is 16.5. The zero-order chi connectivity index (χ0) is 12.8. The first kappa shape index (κ1) is 12.6. The lowest BCUT2D eigenvalue weighted by Gasteiger charge is -2.08. The lowest BCUT2D eigenvalue weighted by molar-refractivity contribution is 0.178. The summed E-state index contributed by atoms with van der Waals surface area (Å²) >= 11 is 0. The second kappa shape index (κ2) is 6.16. The van der Waals surface area contributed by atoms with Crippen LogP contribution in [0.3, 0.4) is 0 Å². The van der Waals surface area contributed by atoms with Crippen molar-refractivity contribution in [2.75, 3.05) is 19.0 Å². The number of rotatable bonds is 6. The largest absolute Gasteiger partial charge is 0.472 e. The van der Waals surface area contributed by atoms with Gasteiger partial charge in [0.1, 0.15) is 12.4 Å². The molecule has 0 aliphatic heterocycles. The van der Waals surface area contributed by atoms with Crippen molar-refractivity contribution in [2.45, 2.75) is 20.0 Å². The zero-order valence-electron chi connectivity index (χ0n) is 10.6. The van der Waals surface area contributed by atoms with Crippen molar-refractivity contribution in [1.29, 1.82) is 0 Å². The molecule has 0 aromatic carbocycles. The first-order valence-electron chi connectivity index (χ1n) is 5.97. The molecule has 0 saturated heterocycles. The van der Waals surface area contributed by atoms with E-state index in [0.29, 0.717) is 12.4 Å². The fourth-order valence-electron chi connectivity index (χ4n) is 1.59. The molecular weight excluding hydrogens is 230 g/mol. The van der Waals surface area contributed by atoms with E-state index in [0.717, 1.165) is 30.0 Å². The Hall–Kier alpha value is -1.88. The maximum absolute atomic E-state index is 5.08. The Morgan fingerprint density at radius 2 is 2.28 bits per heavy atom. The first-order valence-corrected chi connectivity index (χ1v) is 5.97. The predicted octanol–water partition coefficient (Wildman–Crippen LogP) is 2.70. The van der Waals surface area contributed by atoms with Crippen LogP contribution in [0.25, 0.3) is 11.3 Å². The van der Waals surface area contributed by atoms with E-state index in [9.17, 15) is 0 Å². The molecule has 18 heavy (non-hydrogen) atoms. The number of nitrogens with zero attached hydrogens (tertiary/aromatic N) is 2. The number of hydrogen-bond acceptors (Lipinski definition) is 5. The van der Waals surface area contributed by atoms with Gasteiger partial charge in [0, 0.05) is 25.3 Å². The summed E-state index contributed by atoms with van der Waals surface area (Å²) in [6.07, 6.45) is 4.35. The molecule has 0 spiro atoms. The molecule has 0 aliphatic rings. The molecule has 0 amide bonds. The fraction of sp³-hybridized carbons (Fsp3) is 0.385. The molecule has 2 aromatic heterocycles. The predicted molar refractivity (Wildman–Crippen MR) is 69.2 cm³/mol. The van der Waals surface area contributed by atoms with Crippen molar-refractivity contribution >= 4 is 5.82 Å². The number of methoxy groups -OCH3 is 1. The molecule has 96 valence electrons. The number of aromatic nitrogens is 2. The third kappa shape index (κ3) is 3.07. The molecule has 1 N–H and O–H groups in total. The highest BCUT2D eigenvalue weighted by Crippen LogP contribution is 2.20. The summed E-state index contributed by atoms with van der Waals surface area (Å²) in [4.78, 5) is 8.83. The Kier molecular flexibility index (Phi) is 4.30. The molecular formula is C13H17N3O2. The van der Waals surface area contributed by atoms with Gasteiger partial charge in [0.2, 0.25) is 0 Å². The summed E-state index contributed by atoms with van der Waals surface area (Å²) < 4.78 is 10.2. The Bertz CT molecular complexity index is 483. The van der Waals surface area contributed by atoms with Gasteiger partial charge in [-0.2, -0.15) is 0 Å². The first-order chi connectivity index (χ1) is 8.83. The van der Waals surface area contributed by atoms with E-state index in [-0.39, 0.29) is 0 Å². The maximum Gasteiger partial charge on any atom is 0.157 e. The number of nitrogens with one attached hydrogen (secondary N) is 1. The van der Waals surface area contributed by atoms with E-state index in [1.165, 1.54) is 0 Å². The molecule has 0 aliphatic carbocycles. The lowest BCUT2D eigenvalue weighted by Crippen LogP contribution is -2.06. The minimum Gasteiger partial charge on any atom is -0.472 e. The van der Waals surface area contributed by atoms with Crippen LogP contribution in [0.4, 0.5) is 5.82 Å². The second-order valence-electron chi connectivity index (χ2n) is 3.93. The van der Waals surface area contributed by atoms with Gasteiger partial charge in [-0.3, -0.25) is 0 Å². The quantitative estimate of drug-likeness (QED) is 0.850.